The van der Waals surface area contributed by atoms with Crippen LogP contribution in [0.2, 0.25) is 0 Å². The zero-order valence-electron chi connectivity index (χ0n) is 13.2. The van der Waals surface area contributed by atoms with Gasteiger partial charge < -0.3 is 10.1 Å². The fourth-order valence-electron chi connectivity index (χ4n) is 3.04. The van der Waals surface area contributed by atoms with Crippen LogP contribution in [0.25, 0.3) is 0 Å². The number of nitrogens with one attached hydrogen (secondary N) is 1. The highest BCUT2D eigenvalue weighted by atomic mass is 16.5. The second-order valence-corrected chi connectivity index (χ2v) is 6.34. The largest absolute Gasteiger partial charge is 0.491 e. The first kappa shape index (κ1) is 15.4. The van der Waals surface area contributed by atoms with Gasteiger partial charge in [0, 0.05) is 11.6 Å². The van der Waals surface area contributed by atoms with Crippen LogP contribution in [0.3, 0.4) is 0 Å². The molecule has 1 N–H and O–H groups in total. The molecular formula is C18H29NO. The topological polar surface area (TPSA) is 21.3 Å². The standard InChI is InChI=1S/C18H29NO/c1-14(2)20-18-12-8-7-11-17(18)15(3)19-13-16-9-5-4-6-10-16/h7-8,11-12,14-16,19H,4-6,9-10,13H2,1-3H3. The molecule has 0 radical (unpaired) electrons. The average Bonchev–Trinajstić information content (AvgIpc) is 2.46. The first-order chi connectivity index (χ1) is 9.66. The minimum absolute atomic E-state index is 0.224. The molecule has 2 nitrogen and oxygen atoms in total. The SMILES string of the molecule is CC(C)Oc1ccccc1C(C)NCC1CCCCC1. The van der Waals surface area contributed by atoms with E-state index in [1.54, 1.807) is 0 Å². The zero-order valence-corrected chi connectivity index (χ0v) is 13.2. The summed E-state index contributed by atoms with van der Waals surface area (Å²) in [6.07, 6.45) is 7.26. The minimum atomic E-state index is 0.224. The number of para-hydroxylation sites is 1. The van der Waals surface area contributed by atoms with Crippen molar-refractivity contribution < 1.29 is 4.74 Å². The van der Waals surface area contributed by atoms with E-state index < -0.39 is 0 Å². The van der Waals surface area contributed by atoms with E-state index in [4.69, 9.17) is 4.74 Å². The van der Waals surface area contributed by atoms with Gasteiger partial charge in [0.15, 0.2) is 0 Å². The Kier molecular flexibility index (Phi) is 5.90. The van der Waals surface area contributed by atoms with Crippen LogP contribution in [-0.2, 0) is 0 Å². The molecule has 0 amide bonds. The summed E-state index contributed by atoms with van der Waals surface area (Å²) in [5.41, 5.74) is 1.28. The Bertz CT molecular complexity index is 396. The van der Waals surface area contributed by atoms with Gasteiger partial charge in [-0.05, 0) is 52.1 Å². The van der Waals surface area contributed by atoms with Crippen molar-refractivity contribution in [2.45, 2.75) is 65.0 Å². The first-order valence-corrected chi connectivity index (χ1v) is 8.15. The van der Waals surface area contributed by atoms with Crippen molar-refractivity contribution in [1.29, 1.82) is 0 Å². The van der Waals surface area contributed by atoms with E-state index in [2.05, 4.69) is 50.4 Å². The molecule has 1 aliphatic carbocycles. The van der Waals surface area contributed by atoms with E-state index in [1.165, 1.54) is 37.7 Å². The minimum Gasteiger partial charge on any atom is -0.491 e. The van der Waals surface area contributed by atoms with E-state index in [1.807, 2.05) is 0 Å². The number of hydrogen-bond acceptors (Lipinski definition) is 2. The Labute approximate surface area is 123 Å². The fourth-order valence-corrected chi connectivity index (χ4v) is 3.04. The third-order valence-electron chi connectivity index (χ3n) is 4.19. The molecule has 0 heterocycles. The van der Waals surface area contributed by atoms with Gasteiger partial charge in [0.2, 0.25) is 0 Å². The van der Waals surface area contributed by atoms with Gasteiger partial charge in [-0.3, -0.25) is 0 Å². The number of rotatable bonds is 6. The molecule has 0 aliphatic heterocycles. The Morgan fingerprint density at radius 2 is 1.80 bits per heavy atom. The van der Waals surface area contributed by atoms with Crippen LogP contribution in [0.15, 0.2) is 24.3 Å². The third kappa shape index (κ3) is 4.52. The van der Waals surface area contributed by atoms with Crippen molar-refractivity contribution in [1.82, 2.24) is 5.32 Å². The van der Waals surface area contributed by atoms with E-state index in [-0.39, 0.29) is 6.10 Å². The highest BCUT2D eigenvalue weighted by Crippen LogP contribution is 2.27. The maximum Gasteiger partial charge on any atom is 0.124 e. The van der Waals surface area contributed by atoms with E-state index in [0.717, 1.165) is 18.2 Å². The maximum absolute atomic E-state index is 5.92. The normalized spacial score (nSPS) is 18.2. The molecule has 1 unspecified atom stereocenters. The predicted molar refractivity (Wildman–Crippen MR) is 85.2 cm³/mol. The highest BCUT2D eigenvalue weighted by Gasteiger charge is 2.16. The monoisotopic (exact) mass is 275 g/mol. The molecule has 1 atom stereocenters. The van der Waals surface area contributed by atoms with Gasteiger partial charge in [-0.2, -0.15) is 0 Å². The molecule has 1 aromatic carbocycles. The molecule has 1 aliphatic rings. The summed E-state index contributed by atoms with van der Waals surface area (Å²) in [6, 6.07) is 8.76. The first-order valence-electron chi connectivity index (χ1n) is 8.15. The number of benzene rings is 1. The van der Waals surface area contributed by atoms with E-state index in [0.29, 0.717) is 6.04 Å². The summed E-state index contributed by atoms with van der Waals surface area (Å²) >= 11 is 0. The van der Waals surface area contributed by atoms with Crippen LogP contribution in [0, 0.1) is 5.92 Å². The van der Waals surface area contributed by atoms with Crippen LogP contribution in [0.1, 0.15) is 64.5 Å². The van der Waals surface area contributed by atoms with Gasteiger partial charge in [-0.25, -0.2) is 0 Å². The highest BCUT2D eigenvalue weighted by molar-refractivity contribution is 5.35. The molecule has 2 rings (SSSR count). The lowest BCUT2D eigenvalue weighted by Gasteiger charge is -2.25. The van der Waals surface area contributed by atoms with Crippen LogP contribution in [-0.4, -0.2) is 12.6 Å². The van der Waals surface area contributed by atoms with Crippen LogP contribution < -0.4 is 10.1 Å². The van der Waals surface area contributed by atoms with Crippen molar-refractivity contribution in [3.8, 4) is 5.75 Å². The van der Waals surface area contributed by atoms with Crippen molar-refractivity contribution in [3.63, 3.8) is 0 Å². The Hall–Kier alpha value is -1.02. The molecule has 0 spiro atoms. The van der Waals surface area contributed by atoms with Crippen LogP contribution in [0.5, 0.6) is 5.75 Å². The smallest absolute Gasteiger partial charge is 0.124 e. The second kappa shape index (κ2) is 7.68. The lowest BCUT2D eigenvalue weighted by Crippen LogP contribution is -2.27. The molecule has 1 aromatic rings. The summed E-state index contributed by atoms with van der Waals surface area (Å²) < 4.78 is 5.92. The molecule has 0 aromatic heterocycles. The molecule has 112 valence electrons. The van der Waals surface area contributed by atoms with Gasteiger partial charge in [0.25, 0.3) is 0 Å². The molecule has 1 fully saturated rings. The van der Waals surface area contributed by atoms with Crippen LogP contribution >= 0.6 is 0 Å². The maximum atomic E-state index is 5.92. The molecule has 2 heteroatoms. The lowest BCUT2D eigenvalue weighted by molar-refractivity contribution is 0.237. The van der Waals surface area contributed by atoms with Gasteiger partial charge in [0.1, 0.15) is 5.75 Å². The van der Waals surface area contributed by atoms with Crippen LogP contribution in [0.4, 0.5) is 0 Å². The van der Waals surface area contributed by atoms with Gasteiger partial charge in [-0.1, -0.05) is 37.5 Å². The van der Waals surface area contributed by atoms with Crippen molar-refractivity contribution in [2.24, 2.45) is 5.92 Å². The molecule has 20 heavy (non-hydrogen) atoms. The third-order valence-corrected chi connectivity index (χ3v) is 4.19. The Balaban J connectivity index is 1.92. The average molecular weight is 275 g/mol. The van der Waals surface area contributed by atoms with Gasteiger partial charge >= 0.3 is 0 Å². The van der Waals surface area contributed by atoms with Crippen molar-refractivity contribution in [2.75, 3.05) is 6.54 Å². The molecular weight excluding hydrogens is 246 g/mol. The quantitative estimate of drug-likeness (QED) is 0.812. The van der Waals surface area contributed by atoms with E-state index in [9.17, 15) is 0 Å². The van der Waals surface area contributed by atoms with Gasteiger partial charge in [0.05, 0.1) is 6.10 Å². The van der Waals surface area contributed by atoms with Crippen molar-refractivity contribution in [3.05, 3.63) is 29.8 Å². The van der Waals surface area contributed by atoms with Crippen molar-refractivity contribution >= 4 is 0 Å². The summed E-state index contributed by atoms with van der Waals surface area (Å²) in [5.74, 6) is 1.88. The summed E-state index contributed by atoms with van der Waals surface area (Å²) in [6.45, 7) is 7.54. The summed E-state index contributed by atoms with van der Waals surface area (Å²) in [7, 11) is 0. The number of ether oxygens (including phenoxy) is 1. The summed E-state index contributed by atoms with van der Waals surface area (Å²) in [5, 5.41) is 3.70. The lowest BCUT2D eigenvalue weighted by atomic mass is 9.89. The Morgan fingerprint density at radius 3 is 2.50 bits per heavy atom. The fraction of sp³-hybridized carbons (Fsp3) is 0.667. The van der Waals surface area contributed by atoms with E-state index >= 15 is 0 Å². The number of hydrogen-bond donors (Lipinski definition) is 1. The Morgan fingerprint density at radius 1 is 1.10 bits per heavy atom. The molecule has 1 saturated carbocycles. The van der Waals surface area contributed by atoms with Gasteiger partial charge in [-0.15, -0.1) is 0 Å². The second-order valence-electron chi connectivity index (χ2n) is 6.34. The molecule has 0 bridgehead atoms. The zero-order chi connectivity index (χ0) is 14.4. The summed E-state index contributed by atoms with van der Waals surface area (Å²) in [4.78, 5) is 0. The predicted octanol–water partition coefficient (Wildman–Crippen LogP) is 4.70. The molecule has 0 saturated heterocycles.